The summed E-state index contributed by atoms with van der Waals surface area (Å²) >= 11 is 2.14. The summed E-state index contributed by atoms with van der Waals surface area (Å²) in [6.07, 6.45) is 68.2. The summed E-state index contributed by atoms with van der Waals surface area (Å²) in [5.74, 6) is 3.42. The molecular formula is C64H65N5S. The fourth-order valence-corrected chi connectivity index (χ4v) is 15.0. The third-order valence-corrected chi connectivity index (χ3v) is 18.5. The van der Waals surface area contributed by atoms with Crippen molar-refractivity contribution in [1.29, 1.82) is 0 Å². The van der Waals surface area contributed by atoms with Gasteiger partial charge in [0.05, 0.1) is 11.7 Å². The van der Waals surface area contributed by atoms with Gasteiger partial charge in [-0.2, -0.15) is 0 Å². The maximum atomic E-state index is 5.64. The second-order valence-electron chi connectivity index (χ2n) is 21.6. The van der Waals surface area contributed by atoms with Crippen molar-refractivity contribution < 1.29 is 0 Å². The summed E-state index contributed by atoms with van der Waals surface area (Å²) in [7, 11) is 0. The number of benzene rings is 1. The van der Waals surface area contributed by atoms with Crippen molar-refractivity contribution in [3.63, 3.8) is 0 Å². The average Bonchev–Trinajstić information content (AvgIpc) is 3.79. The normalized spacial score (nSPS) is 32.7. The SMILES string of the molecule is CC1(C2C=CC=CC2)C=C(C2C=NC(c3ccc4c(c3)SC3CC5=C(CC43)N(C3C=CCCC3)C3=CC=CCC35)=C(C3N=C(C4=CCCC=C4)NC(C4=CC=CCC4)=N3)C2)C=C(C2=CC=CC=CC2)C1. The third kappa shape index (κ3) is 8.18. The summed E-state index contributed by atoms with van der Waals surface area (Å²) in [6, 6.07) is 7.86. The molecule has 8 unspecified atom stereocenters. The van der Waals surface area contributed by atoms with Crippen LogP contribution < -0.4 is 5.32 Å². The maximum absolute atomic E-state index is 5.64. The van der Waals surface area contributed by atoms with Crippen LogP contribution in [-0.4, -0.2) is 40.2 Å². The van der Waals surface area contributed by atoms with Gasteiger partial charge in [0.15, 0.2) is 6.17 Å². The molecule has 4 heterocycles. The molecule has 0 aromatic heterocycles. The molecule has 6 heteroatoms. The lowest BCUT2D eigenvalue weighted by Gasteiger charge is -2.40. The van der Waals surface area contributed by atoms with Gasteiger partial charge in [0, 0.05) is 62.2 Å². The quantitative estimate of drug-likeness (QED) is 0.264. The largest absolute Gasteiger partial charge is 0.341 e. The van der Waals surface area contributed by atoms with Crippen LogP contribution in [0.3, 0.4) is 0 Å². The van der Waals surface area contributed by atoms with Crippen molar-refractivity contribution in [3.8, 4) is 0 Å². The monoisotopic (exact) mass is 935 g/mol. The Morgan fingerprint density at radius 3 is 2.56 bits per heavy atom. The topological polar surface area (TPSA) is 52.4 Å². The van der Waals surface area contributed by atoms with Crippen molar-refractivity contribution in [2.24, 2.45) is 38.1 Å². The molecule has 13 rings (SSSR count). The molecule has 12 aliphatic rings. The minimum Gasteiger partial charge on any atom is -0.341 e. The Morgan fingerprint density at radius 2 is 1.69 bits per heavy atom. The second kappa shape index (κ2) is 18.6. The summed E-state index contributed by atoms with van der Waals surface area (Å²) in [4.78, 5) is 21.1. The van der Waals surface area contributed by atoms with E-state index in [1.807, 2.05) is 0 Å². The van der Waals surface area contributed by atoms with Crippen molar-refractivity contribution in [3.05, 3.63) is 213 Å². The van der Waals surface area contributed by atoms with Crippen molar-refractivity contribution in [2.45, 2.75) is 125 Å². The van der Waals surface area contributed by atoms with Crippen LogP contribution in [0.1, 0.15) is 114 Å². The first kappa shape index (κ1) is 44.0. The number of amidine groups is 2. The van der Waals surface area contributed by atoms with Gasteiger partial charge in [0.25, 0.3) is 0 Å². The number of allylic oxidation sites excluding steroid dienone is 25. The van der Waals surface area contributed by atoms with E-state index in [9.17, 15) is 0 Å². The lowest BCUT2D eigenvalue weighted by Crippen LogP contribution is -2.39. The Morgan fingerprint density at radius 1 is 0.771 bits per heavy atom. The van der Waals surface area contributed by atoms with E-state index in [4.69, 9.17) is 15.0 Å². The first-order valence-corrected chi connectivity index (χ1v) is 27.5. The molecule has 0 saturated heterocycles. The van der Waals surface area contributed by atoms with E-state index < -0.39 is 6.17 Å². The zero-order valence-corrected chi connectivity index (χ0v) is 41.5. The fraction of sp³-hybridized carbons (Fsp3) is 0.359. The highest BCUT2D eigenvalue weighted by Crippen LogP contribution is 2.60. The van der Waals surface area contributed by atoms with E-state index in [0.717, 1.165) is 87.1 Å². The minimum atomic E-state index is -0.406. The van der Waals surface area contributed by atoms with E-state index >= 15 is 0 Å². The lowest BCUT2D eigenvalue weighted by atomic mass is 9.64. The number of rotatable bonds is 8. The van der Waals surface area contributed by atoms with Crippen LogP contribution in [0, 0.1) is 23.2 Å². The van der Waals surface area contributed by atoms with E-state index in [0.29, 0.717) is 29.0 Å². The summed E-state index contributed by atoms with van der Waals surface area (Å²) in [6.45, 7) is 2.49. The zero-order chi connectivity index (χ0) is 46.6. The Balaban J connectivity index is 0.894. The highest BCUT2D eigenvalue weighted by molar-refractivity contribution is 8.00. The molecule has 4 aliphatic heterocycles. The van der Waals surface area contributed by atoms with Crippen LogP contribution in [0.25, 0.3) is 5.70 Å². The molecule has 1 aromatic carbocycles. The van der Waals surface area contributed by atoms with Crippen LogP contribution in [0.2, 0.25) is 0 Å². The highest BCUT2D eigenvalue weighted by Gasteiger charge is 2.48. The number of hydrogen-bond donors (Lipinski definition) is 1. The molecule has 8 atom stereocenters. The number of nitrogens with zero attached hydrogens (tertiary/aromatic N) is 4. The Labute approximate surface area is 420 Å². The predicted molar refractivity (Wildman–Crippen MR) is 294 cm³/mol. The van der Waals surface area contributed by atoms with Crippen LogP contribution in [0.5, 0.6) is 0 Å². The van der Waals surface area contributed by atoms with E-state index in [1.54, 1.807) is 17.0 Å². The average molecular weight is 936 g/mol. The van der Waals surface area contributed by atoms with Crippen LogP contribution in [0.15, 0.2) is 222 Å². The van der Waals surface area contributed by atoms with E-state index in [1.165, 1.54) is 69.6 Å². The van der Waals surface area contributed by atoms with Crippen molar-refractivity contribution >= 4 is 35.3 Å². The zero-order valence-electron chi connectivity index (χ0n) is 40.6. The van der Waals surface area contributed by atoms with Gasteiger partial charge in [-0.05, 0) is 147 Å². The number of aliphatic imine (C=N–C) groups is 3. The minimum absolute atomic E-state index is 0.0376. The van der Waals surface area contributed by atoms with Gasteiger partial charge >= 0.3 is 0 Å². The first-order chi connectivity index (χ1) is 34.5. The number of hydrogen-bond acceptors (Lipinski definition) is 6. The Bertz CT molecular complexity index is 3000. The molecule has 0 bridgehead atoms. The number of nitrogens with one attached hydrogen (secondary N) is 1. The van der Waals surface area contributed by atoms with Gasteiger partial charge in [0.1, 0.15) is 11.7 Å². The summed E-state index contributed by atoms with van der Waals surface area (Å²) in [5.41, 5.74) is 16.5. The summed E-state index contributed by atoms with van der Waals surface area (Å²) in [5, 5.41) is 4.31. The highest BCUT2D eigenvalue weighted by atomic mass is 32.2. The van der Waals surface area contributed by atoms with Crippen molar-refractivity contribution in [2.75, 3.05) is 0 Å². The van der Waals surface area contributed by atoms with Gasteiger partial charge < -0.3 is 10.2 Å². The lowest BCUT2D eigenvalue weighted by molar-refractivity contribution is 0.299. The molecular weight excluding hydrogens is 871 g/mol. The Kier molecular flexibility index (Phi) is 11.7. The smallest absolute Gasteiger partial charge is 0.168 e. The molecule has 0 fully saturated rings. The molecule has 0 spiro atoms. The van der Waals surface area contributed by atoms with Gasteiger partial charge in [-0.3, -0.25) is 4.99 Å². The van der Waals surface area contributed by atoms with Gasteiger partial charge in [-0.1, -0.05) is 147 Å². The molecule has 0 radical (unpaired) electrons. The maximum Gasteiger partial charge on any atom is 0.168 e. The first-order valence-electron chi connectivity index (χ1n) is 26.6. The molecule has 1 N–H and O–H groups in total. The second-order valence-corrected chi connectivity index (χ2v) is 22.9. The molecule has 5 nitrogen and oxygen atoms in total. The van der Waals surface area contributed by atoms with Crippen LogP contribution >= 0.6 is 11.8 Å². The molecule has 70 heavy (non-hydrogen) atoms. The summed E-state index contributed by atoms with van der Waals surface area (Å²) < 4.78 is 0. The fourth-order valence-electron chi connectivity index (χ4n) is 13.5. The van der Waals surface area contributed by atoms with Crippen LogP contribution in [-0.2, 0) is 0 Å². The molecule has 1 aromatic rings. The molecule has 352 valence electrons. The molecule has 0 amide bonds. The van der Waals surface area contributed by atoms with E-state index in [-0.39, 0.29) is 11.3 Å². The predicted octanol–water partition coefficient (Wildman–Crippen LogP) is 15.1. The standard InChI is InChI=1S/C64H65N5S/c1-64(49-26-14-6-15-27-49)39-46(42-20-8-2-3-9-21-42)34-47(40-64)48-35-55(63-67-61(43-22-10-4-11-23-43)66-62(68-63)44-24-12-5-13-25-44)60(65-41-48)45-32-33-52-54-37-57-53(38-59(54)70-58(52)36-45)51-30-18-19-31-56(51)69(57)50-28-16-7-17-29-50/h2-4,6,8-10,12,14-16,18-20,22,24-26,28,31-34,36,40-41,48-51,54,59,63H,5,7,11,13,17,21,23,27,29-30,35,37-39H2,1H3,(H,66,67,68). The van der Waals surface area contributed by atoms with Crippen molar-refractivity contribution in [1.82, 2.24) is 10.2 Å². The van der Waals surface area contributed by atoms with Gasteiger partial charge in [0.2, 0.25) is 0 Å². The number of thioether (sulfide) groups is 1. The third-order valence-electron chi connectivity index (χ3n) is 17.1. The Hall–Kier alpha value is -5.98. The van der Waals surface area contributed by atoms with Gasteiger partial charge in [-0.25, -0.2) is 9.98 Å². The number of fused-ring (bicyclic) bond motifs is 5. The van der Waals surface area contributed by atoms with Crippen LogP contribution in [0.4, 0.5) is 0 Å². The molecule has 8 aliphatic carbocycles. The molecule has 0 saturated carbocycles. The van der Waals surface area contributed by atoms with E-state index in [2.05, 4.69) is 187 Å². The van der Waals surface area contributed by atoms with Gasteiger partial charge in [-0.15, -0.1) is 11.8 Å².